The maximum atomic E-state index is 11.7. The van der Waals surface area contributed by atoms with Crippen LogP contribution < -0.4 is 0 Å². The largest absolute Gasteiger partial charge is 0.384 e. The molecule has 2 rings (SSSR count). The predicted molar refractivity (Wildman–Crippen MR) is 84.2 cm³/mol. The van der Waals surface area contributed by atoms with Gasteiger partial charge in [-0.05, 0) is 12.8 Å². The lowest BCUT2D eigenvalue weighted by atomic mass is 10.1. The van der Waals surface area contributed by atoms with Crippen LogP contribution in [0.3, 0.4) is 0 Å². The molecule has 1 aliphatic rings. The Morgan fingerprint density at radius 2 is 2.00 bits per heavy atom. The molecule has 5 nitrogen and oxygen atoms in total. The summed E-state index contributed by atoms with van der Waals surface area (Å²) in [7, 11) is 0. The second-order valence-electron chi connectivity index (χ2n) is 6.10. The minimum absolute atomic E-state index is 0.161. The van der Waals surface area contributed by atoms with Gasteiger partial charge in [0.1, 0.15) is 6.10 Å². The SMILES string of the molecule is CC(C)Cc1ncc(CN2CCN(C(=O)C(C)O)CC2)s1. The second-order valence-corrected chi connectivity index (χ2v) is 7.30. The van der Waals surface area contributed by atoms with E-state index < -0.39 is 6.10 Å². The van der Waals surface area contributed by atoms with Crippen LogP contribution in [0.15, 0.2) is 6.20 Å². The van der Waals surface area contributed by atoms with Crippen molar-refractivity contribution in [2.45, 2.75) is 39.8 Å². The number of rotatable bonds is 5. The van der Waals surface area contributed by atoms with Crippen molar-refractivity contribution in [2.75, 3.05) is 26.2 Å². The average molecular weight is 311 g/mol. The number of carbonyl (C=O) groups is 1. The van der Waals surface area contributed by atoms with Gasteiger partial charge in [-0.3, -0.25) is 9.69 Å². The van der Waals surface area contributed by atoms with Crippen LogP contribution in [0.4, 0.5) is 0 Å². The van der Waals surface area contributed by atoms with Crippen LogP contribution in [-0.4, -0.2) is 58.1 Å². The lowest BCUT2D eigenvalue weighted by Gasteiger charge is -2.35. The van der Waals surface area contributed by atoms with Gasteiger partial charge in [-0.2, -0.15) is 0 Å². The first-order valence-electron chi connectivity index (χ1n) is 7.58. The number of nitrogens with zero attached hydrogens (tertiary/aromatic N) is 3. The number of thiazole rings is 1. The quantitative estimate of drug-likeness (QED) is 0.892. The van der Waals surface area contributed by atoms with Crippen LogP contribution in [-0.2, 0) is 17.8 Å². The van der Waals surface area contributed by atoms with Crippen LogP contribution in [0.5, 0.6) is 0 Å². The zero-order chi connectivity index (χ0) is 15.4. The van der Waals surface area contributed by atoms with Crippen LogP contribution >= 0.6 is 11.3 Å². The van der Waals surface area contributed by atoms with E-state index >= 15 is 0 Å². The first-order valence-corrected chi connectivity index (χ1v) is 8.40. The van der Waals surface area contributed by atoms with Crippen molar-refractivity contribution in [2.24, 2.45) is 5.92 Å². The number of amides is 1. The lowest BCUT2D eigenvalue weighted by molar-refractivity contribution is -0.141. The molecule has 1 atom stereocenters. The molecule has 1 amide bonds. The van der Waals surface area contributed by atoms with Crippen molar-refractivity contribution in [3.05, 3.63) is 16.1 Å². The van der Waals surface area contributed by atoms with Crippen LogP contribution in [0.2, 0.25) is 0 Å². The van der Waals surface area contributed by atoms with Gasteiger partial charge in [0.05, 0.1) is 5.01 Å². The fourth-order valence-corrected chi connectivity index (χ4v) is 3.65. The highest BCUT2D eigenvalue weighted by molar-refractivity contribution is 7.11. The summed E-state index contributed by atoms with van der Waals surface area (Å²) < 4.78 is 0. The van der Waals surface area contributed by atoms with Crippen LogP contribution in [0.25, 0.3) is 0 Å². The van der Waals surface area contributed by atoms with Crippen molar-refractivity contribution in [3.63, 3.8) is 0 Å². The van der Waals surface area contributed by atoms with Gasteiger partial charge in [0.2, 0.25) is 0 Å². The van der Waals surface area contributed by atoms with E-state index in [0.29, 0.717) is 19.0 Å². The van der Waals surface area contributed by atoms with E-state index in [1.54, 1.807) is 16.2 Å². The van der Waals surface area contributed by atoms with Gasteiger partial charge in [-0.15, -0.1) is 11.3 Å². The zero-order valence-electron chi connectivity index (χ0n) is 13.1. The standard InChI is InChI=1S/C15H25N3O2S/c1-11(2)8-14-16-9-13(21-14)10-17-4-6-18(7-5-17)15(20)12(3)19/h9,11-12,19H,4-8,10H2,1-3H3. The van der Waals surface area contributed by atoms with Crippen molar-refractivity contribution < 1.29 is 9.90 Å². The third-order valence-electron chi connectivity index (χ3n) is 3.61. The third kappa shape index (κ3) is 4.76. The molecule has 0 aromatic carbocycles. The molecule has 1 unspecified atom stereocenters. The molecule has 1 aliphatic heterocycles. The van der Waals surface area contributed by atoms with Gasteiger partial charge in [0, 0.05) is 50.2 Å². The van der Waals surface area contributed by atoms with Gasteiger partial charge in [0.25, 0.3) is 5.91 Å². The molecule has 1 N–H and O–H groups in total. The molecular formula is C15H25N3O2S. The fourth-order valence-electron chi connectivity index (χ4n) is 2.48. The first kappa shape index (κ1) is 16.4. The van der Waals surface area contributed by atoms with Gasteiger partial charge in [0.15, 0.2) is 0 Å². The highest BCUT2D eigenvalue weighted by atomic mass is 32.1. The maximum Gasteiger partial charge on any atom is 0.251 e. The summed E-state index contributed by atoms with van der Waals surface area (Å²) in [6.07, 6.45) is 2.13. The topological polar surface area (TPSA) is 56.7 Å². The first-order chi connectivity index (χ1) is 9.95. The Morgan fingerprint density at radius 1 is 1.33 bits per heavy atom. The van der Waals surface area contributed by atoms with E-state index in [2.05, 4.69) is 23.7 Å². The second kappa shape index (κ2) is 7.33. The molecule has 0 radical (unpaired) electrons. The van der Waals surface area contributed by atoms with E-state index in [0.717, 1.165) is 26.1 Å². The number of aromatic nitrogens is 1. The minimum atomic E-state index is -0.892. The molecule has 2 heterocycles. The lowest BCUT2D eigenvalue weighted by Crippen LogP contribution is -2.50. The molecule has 0 saturated carbocycles. The van der Waals surface area contributed by atoms with E-state index in [9.17, 15) is 9.90 Å². The highest BCUT2D eigenvalue weighted by Gasteiger charge is 2.23. The number of piperazine rings is 1. The molecule has 1 aromatic rings. The van der Waals surface area contributed by atoms with E-state index in [4.69, 9.17) is 0 Å². The highest BCUT2D eigenvalue weighted by Crippen LogP contribution is 2.19. The van der Waals surface area contributed by atoms with Gasteiger partial charge in [-0.25, -0.2) is 4.98 Å². The van der Waals surface area contributed by atoms with Gasteiger partial charge < -0.3 is 10.0 Å². The molecule has 21 heavy (non-hydrogen) atoms. The van der Waals surface area contributed by atoms with E-state index in [1.807, 2.05) is 6.20 Å². The summed E-state index contributed by atoms with van der Waals surface area (Å²) in [5.41, 5.74) is 0. The van der Waals surface area contributed by atoms with Crippen molar-refractivity contribution >= 4 is 17.2 Å². The Hall–Kier alpha value is -0.980. The van der Waals surface area contributed by atoms with Gasteiger partial charge >= 0.3 is 0 Å². The monoisotopic (exact) mass is 311 g/mol. The summed E-state index contributed by atoms with van der Waals surface area (Å²) in [4.78, 5) is 21.6. The van der Waals surface area contributed by atoms with Crippen molar-refractivity contribution in [3.8, 4) is 0 Å². The molecule has 0 bridgehead atoms. The van der Waals surface area contributed by atoms with Crippen molar-refractivity contribution in [1.29, 1.82) is 0 Å². The number of hydrogen-bond acceptors (Lipinski definition) is 5. The Bertz CT molecular complexity index is 465. The summed E-state index contributed by atoms with van der Waals surface area (Å²) in [5, 5.41) is 10.5. The fraction of sp³-hybridized carbons (Fsp3) is 0.733. The number of aliphatic hydroxyl groups excluding tert-OH is 1. The summed E-state index contributed by atoms with van der Waals surface area (Å²) in [6, 6.07) is 0. The number of carbonyl (C=O) groups excluding carboxylic acids is 1. The maximum absolute atomic E-state index is 11.7. The molecule has 1 aromatic heterocycles. The molecule has 6 heteroatoms. The Labute approximate surface area is 130 Å². The Kier molecular flexibility index (Phi) is 5.72. The molecule has 0 spiro atoms. The smallest absolute Gasteiger partial charge is 0.251 e. The van der Waals surface area contributed by atoms with Crippen molar-refractivity contribution in [1.82, 2.24) is 14.8 Å². The zero-order valence-corrected chi connectivity index (χ0v) is 13.9. The number of hydrogen-bond donors (Lipinski definition) is 1. The Morgan fingerprint density at radius 3 is 2.57 bits per heavy atom. The molecule has 1 saturated heterocycles. The minimum Gasteiger partial charge on any atom is -0.384 e. The Balaban J connectivity index is 1.81. The average Bonchev–Trinajstić information content (AvgIpc) is 2.85. The third-order valence-corrected chi connectivity index (χ3v) is 4.61. The van der Waals surface area contributed by atoms with E-state index in [-0.39, 0.29) is 5.91 Å². The molecule has 0 aliphatic carbocycles. The summed E-state index contributed by atoms with van der Waals surface area (Å²) in [6.45, 7) is 9.96. The predicted octanol–water partition coefficient (Wildman–Crippen LogP) is 1.37. The van der Waals surface area contributed by atoms with Crippen LogP contribution in [0.1, 0.15) is 30.7 Å². The number of aliphatic hydroxyl groups is 1. The molecule has 118 valence electrons. The van der Waals surface area contributed by atoms with Gasteiger partial charge in [-0.1, -0.05) is 13.8 Å². The molecule has 1 fully saturated rings. The molecular weight excluding hydrogens is 286 g/mol. The van der Waals surface area contributed by atoms with Crippen LogP contribution in [0, 0.1) is 5.92 Å². The van der Waals surface area contributed by atoms with E-state index in [1.165, 1.54) is 16.8 Å². The normalized spacial score (nSPS) is 18.2. The summed E-state index contributed by atoms with van der Waals surface area (Å²) in [5.74, 6) is 0.477. The summed E-state index contributed by atoms with van der Waals surface area (Å²) >= 11 is 1.79.